The Kier molecular flexibility index (Phi) is 1.65. The molecule has 2 fully saturated rings. The van der Waals surface area contributed by atoms with E-state index in [4.69, 9.17) is 5.73 Å². The average Bonchev–Trinajstić information content (AvgIpc) is 2.36. The molecular weight excluding hydrogens is 178 g/mol. The first-order valence-corrected chi connectivity index (χ1v) is 5.28. The molecule has 80 valence electrons. The van der Waals surface area contributed by atoms with Gasteiger partial charge in [-0.15, -0.1) is 0 Å². The lowest BCUT2D eigenvalue weighted by Gasteiger charge is -2.43. The topological polar surface area (TPSA) is 63.3 Å². The number of hydrogen-bond donors (Lipinski definition) is 2. The van der Waals surface area contributed by atoms with Crippen LogP contribution in [-0.4, -0.2) is 16.6 Å². The van der Waals surface area contributed by atoms with Crippen LogP contribution in [0, 0.1) is 16.7 Å². The van der Waals surface area contributed by atoms with E-state index in [1.165, 1.54) is 0 Å². The zero-order valence-electron chi connectivity index (χ0n) is 9.13. The van der Waals surface area contributed by atoms with Gasteiger partial charge in [-0.2, -0.15) is 0 Å². The molecule has 3 N–H and O–H groups in total. The van der Waals surface area contributed by atoms with Crippen LogP contribution in [0.5, 0.6) is 0 Å². The van der Waals surface area contributed by atoms with E-state index < -0.39 is 11.5 Å². The van der Waals surface area contributed by atoms with Crippen molar-refractivity contribution >= 4 is 5.97 Å². The van der Waals surface area contributed by atoms with Gasteiger partial charge in [0.2, 0.25) is 0 Å². The molecule has 14 heavy (non-hydrogen) atoms. The maximum absolute atomic E-state index is 11.3. The highest BCUT2D eigenvalue weighted by atomic mass is 16.4. The lowest BCUT2D eigenvalue weighted by atomic mass is 9.63. The van der Waals surface area contributed by atoms with Crippen LogP contribution < -0.4 is 5.73 Å². The van der Waals surface area contributed by atoms with E-state index >= 15 is 0 Å². The molecule has 0 spiro atoms. The number of aliphatic carboxylic acids is 1. The van der Waals surface area contributed by atoms with E-state index in [0.717, 1.165) is 12.8 Å². The second-order valence-corrected chi connectivity index (χ2v) is 5.77. The maximum Gasteiger partial charge on any atom is 0.324 e. The quantitative estimate of drug-likeness (QED) is 0.671. The number of nitrogens with two attached hydrogens (primary N) is 1. The molecule has 2 rings (SSSR count). The third kappa shape index (κ3) is 0.761. The summed E-state index contributed by atoms with van der Waals surface area (Å²) >= 11 is 0. The number of hydrogen-bond acceptors (Lipinski definition) is 2. The van der Waals surface area contributed by atoms with Crippen molar-refractivity contribution < 1.29 is 9.90 Å². The molecule has 2 bridgehead atoms. The Morgan fingerprint density at radius 2 is 2.00 bits per heavy atom. The lowest BCUT2D eigenvalue weighted by molar-refractivity contribution is -0.149. The zero-order valence-corrected chi connectivity index (χ0v) is 9.13. The first-order chi connectivity index (χ1) is 6.26. The van der Waals surface area contributed by atoms with Crippen molar-refractivity contribution in [3.8, 4) is 0 Å². The normalized spacial score (nSPS) is 49.6. The van der Waals surface area contributed by atoms with Gasteiger partial charge >= 0.3 is 5.97 Å². The summed E-state index contributed by atoms with van der Waals surface area (Å²) in [6.45, 7) is 6.39. The highest BCUT2D eigenvalue weighted by Gasteiger charge is 2.70. The molecule has 0 saturated heterocycles. The summed E-state index contributed by atoms with van der Waals surface area (Å²) in [5, 5.41) is 9.27. The molecule has 0 aromatic carbocycles. The van der Waals surface area contributed by atoms with Gasteiger partial charge in [0.15, 0.2) is 0 Å². The van der Waals surface area contributed by atoms with Gasteiger partial charge in [-0.25, -0.2) is 0 Å². The number of carboxylic acids is 1. The maximum atomic E-state index is 11.3. The van der Waals surface area contributed by atoms with Crippen molar-refractivity contribution in [2.24, 2.45) is 22.5 Å². The summed E-state index contributed by atoms with van der Waals surface area (Å²) in [7, 11) is 0. The first kappa shape index (κ1) is 9.97. The van der Waals surface area contributed by atoms with Gasteiger partial charge in [0.1, 0.15) is 5.54 Å². The highest BCUT2D eigenvalue weighted by molar-refractivity contribution is 5.81. The second-order valence-electron chi connectivity index (χ2n) is 5.77. The van der Waals surface area contributed by atoms with E-state index in [0.29, 0.717) is 12.3 Å². The van der Waals surface area contributed by atoms with Crippen LogP contribution in [0.3, 0.4) is 0 Å². The fourth-order valence-corrected chi connectivity index (χ4v) is 3.69. The molecule has 3 heteroatoms. The Balaban J connectivity index is 2.50. The second kappa shape index (κ2) is 2.32. The molecule has 0 aromatic rings. The third-order valence-corrected chi connectivity index (χ3v) is 5.37. The Bertz CT molecular complexity index is 300. The van der Waals surface area contributed by atoms with E-state index in [2.05, 4.69) is 13.8 Å². The Labute approximate surface area is 84.7 Å². The van der Waals surface area contributed by atoms with E-state index in [1.54, 1.807) is 0 Å². The molecule has 2 aliphatic carbocycles. The summed E-state index contributed by atoms with van der Waals surface area (Å²) in [6.07, 6.45) is 2.73. The van der Waals surface area contributed by atoms with Gasteiger partial charge in [-0.05, 0) is 30.6 Å². The van der Waals surface area contributed by atoms with E-state index in [1.807, 2.05) is 6.92 Å². The molecule has 2 saturated carbocycles. The van der Waals surface area contributed by atoms with E-state index in [9.17, 15) is 9.90 Å². The number of carboxylic acid groups (broad SMARTS) is 1. The minimum absolute atomic E-state index is 0.0696. The van der Waals surface area contributed by atoms with Crippen LogP contribution in [0.2, 0.25) is 0 Å². The van der Waals surface area contributed by atoms with Crippen LogP contribution in [0.4, 0.5) is 0 Å². The summed E-state index contributed by atoms with van der Waals surface area (Å²) in [4.78, 5) is 11.3. The van der Waals surface area contributed by atoms with Crippen molar-refractivity contribution in [2.45, 2.75) is 45.6 Å². The zero-order chi connectivity index (χ0) is 10.8. The van der Waals surface area contributed by atoms with Crippen LogP contribution in [0.25, 0.3) is 0 Å². The molecular formula is C11H19NO2. The van der Waals surface area contributed by atoms with Gasteiger partial charge in [-0.3, -0.25) is 4.79 Å². The van der Waals surface area contributed by atoms with Crippen LogP contribution in [0.1, 0.15) is 40.0 Å². The number of carbonyl (C=O) groups is 1. The molecule has 0 unspecified atom stereocenters. The Hall–Kier alpha value is -0.570. The van der Waals surface area contributed by atoms with Crippen molar-refractivity contribution in [2.75, 3.05) is 0 Å². The monoisotopic (exact) mass is 197 g/mol. The molecule has 0 aliphatic heterocycles. The summed E-state index contributed by atoms with van der Waals surface area (Å²) in [5.41, 5.74) is 4.93. The van der Waals surface area contributed by atoms with Crippen LogP contribution in [-0.2, 0) is 4.79 Å². The van der Waals surface area contributed by atoms with Gasteiger partial charge in [0, 0.05) is 5.41 Å². The predicted octanol–water partition coefficient (Wildman–Crippen LogP) is 1.61. The van der Waals surface area contributed by atoms with Crippen molar-refractivity contribution in [1.29, 1.82) is 0 Å². The third-order valence-electron chi connectivity index (χ3n) is 5.37. The minimum atomic E-state index is -1.00. The Morgan fingerprint density at radius 1 is 1.43 bits per heavy atom. The summed E-state index contributed by atoms with van der Waals surface area (Å²) in [6, 6.07) is 0. The highest BCUT2D eigenvalue weighted by Crippen LogP contribution is 2.68. The van der Waals surface area contributed by atoms with Crippen molar-refractivity contribution in [3.05, 3.63) is 0 Å². The minimum Gasteiger partial charge on any atom is -0.480 e. The molecule has 3 nitrogen and oxygen atoms in total. The predicted molar refractivity (Wildman–Crippen MR) is 53.8 cm³/mol. The van der Waals surface area contributed by atoms with Crippen LogP contribution >= 0.6 is 0 Å². The molecule has 3 atom stereocenters. The molecule has 0 radical (unpaired) electrons. The number of rotatable bonds is 1. The summed E-state index contributed by atoms with van der Waals surface area (Å²) in [5.74, 6) is -0.344. The SMILES string of the molecule is CC1(C)[C@@H]2CC[C@@]1(C)[C@@](N)(C(=O)O)C2. The van der Waals surface area contributed by atoms with Gasteiger partial charge in [-0.1, -0.05) is 20.8 Å². The fraction of sp³-hybridized carbons (Fsp3) is 0.909. The van der Waals surface area contributed by atoms with Gasteiger partial charge in [0.05, 0.1) is 0 Å². The molecule has 2 aliphatic rings. The van der Waals surface area contributed by atoms with Crippen molar-refractivity contribution in [3.63, 3.8) is 0 Å². The lowest BCUT2D eigenvalue weighted by Crippen LogP contribution is -2.59. The average molecular weight is 197 g/mol. The first-order valence-electron chi connectivity index (χ1n) is 5.28. The van der Waals surface area contributed by atoms with Crippen LogP contribution in [0.15, 0.2) is 0 Å². The molecule has 0 aromatic heterocycles. The van der Waals surface area contributed by atoms with E-state index in [-0.39, 0.29) is 10.8 Å². The smallest absolute Gasteiger partial charge is 0.324 e. The van der Waals surface area contributed by atoms with Crippen molar-refractivity contribution in [1.82, 2.24) is 0 Å². The van der Waals surface area contributed by atoms with Gasteiger partial charge < -0.3 is 10.8 Å². The summed E-state index contributed by atoms with van der Waals surface area (Å²) < 4.78 is 0. The fourth-order valence-electron chi connectivity index (χ4n) is 3.69. The Morgan fingerprint density at radius 3 is 2.21 bits per heavy atom. The number of fused-ring (bicyclic) bond motifs is 2. The standard InChI is InChI=1S/C11H19NO2/c1-9(2)7-4-5-10(9,3)11(12,6-7)8(13)14/h7H,4-6,12H2,1-3H3,(H,13,14)/t7-,10-,11+/m1/s1. The largest absolute Gasteiger partial charge is 0.480 e. The molecule has 0 amide bonds. The molecule has 0 heterocycles. The van der Waals surface area contributed by atoms with Gasteiger partial charge in [0.25, 0.3) is 0 Å².